The second-order valence-corrected chi connectivity index (χ2v) is 5.07. The molecule has 1 fully saturated rings. The predicted molar refractivity (Wildman–Crippen MR) is 63.5 cm³/mol. The van der Waals surface area contributed by atoms with E-state index in [0.717, 1.165) is 37.2 Å². The minimum atomic E-state index is -4.30. The Hall–Kier alpha value is -1.23. The molecule has 100 valence electrons. The van der Waals surface area contributed by atoms with E-state index >= 15 is 0 Å². The highest BCUT2D eigenvalue weighted by atomic mass is 19.4. The molecule has 0 saturated carbocycles. The third kappa shape index (κ3) is 2.96. The second-order valence-electron chi connectivity index (χ2n) is 5.07. The van der Waals surface area contributed by atoms with Crippen molar-refractivity contribution in [3.05, 3.63) is 29.8 Å². The first kappa shape index (κ1) is 13.2. The van der Waals surface area contributed by atoms with Gasteiger partial charge < -0.3 is 10.0 Å². The molecule has 1 saturated heterocycles. The van der Waals surface area contributed by atoms with E-state index in [2.05, 4.69) is 0 Å². The number of hydrogen-bond donors (Lipinski definition) is 1. The molecule has 0 spiro atoms. The van der Waals surface area contributed by atoms with Gasteiger partial charge in [-0.3, -0.25) is 0 Å². The number of anilines is 1. The van der Waals surface area contributed by atoms with Crippen LogP contribution in [0.4, 0.5) is 18.9 Å². The van der Waals surface area contributed by atoms with Crippen LogP contribution < -0.4 is 4.90 Å². The molecule has 0 radical (unpaired) electrons. The van der Waals surface area contributed by atoms with Crippen molar-refractivity contribution in [3.8, 4) is 0 Å². The molecule has 5 heteroatoms. The molecular weight excluding hydrogens is 243 g/mol. The Balaban J connectivity index is 2.15. The highest BCUT2D eigenvalue weighted by Gasteiger charge is 2.31. The SMILES string of the molecule is CC1(O)CCCN(c2ccc(C(F)(F)F)cc2)C1. The molecule has 1 unspecified atom stereocenters. The molecule has 0 aliphatic carbocycles. The average molecular weight is 259 g/mol. The van der Waals surface area contributed by atoms with Crippen molar-refractivity contribution in [3.63, 3.8) is 0 Å². The predicted octanol–water partition coefficient (Wildman–Crippen LogP) is 3.06. The summed E-state index contributed by atoms with van der Waals surface area (Å²) in [5.74, 6) is 0. The molecule has 18 heavy (non-hydrogen) atoms. The summed E-state index contributed by atoms with van der Waals surface area (Å²) in [6, 6.07) is 5.09. The summed E-state index contributed by atoms with van der Waals surface area (Å²) < 4.78 is 37.3. The van der Waals surface area contributed by atoms with Crippen molar-refractivity contribution in [1.82, 2.24) is 0 Å². The number of aliphatic hydroxyl groups is 1. The van der Waals surface area contributed by atoms with E-state index in [1.807, 2.05) is 4.90 Å². The van der Waals surface area contributed by atoms with E-state index in [1.165, 1.54) is 12.1 Å². The van der Waals surface area contributed by atoms with Crippen LogP contribution in [-0.4, -0.2) is 23.8 Å². The summed E-state index contributed by atoms with van der Waals surface area (Å²) in [4.78, 5) is 1.92. The molecule has 0 aromatic heterocycles. The molecule has 2 rings (SSSR count). The minimum absolute atomic E-state index is 0.457. The van der Waals surface area contributed by atoms with Gasteiger partial charge in [0.15, 0.2) is 0 Å². The monoisotopic (exact) mass is 259 g/mol. The highest BCUT2D eigenvalue weighted by molar-refractivity contribution is 5.48. The van der Waals surface area contributed by atoms with Gasteiger partial charge in [-0.05, 0) is 44.0 Å². The summed E-state index contributed by atoms with van der Waals surface area (Å²) in [6.45, 7) is 2.98. The first-order valence-corrected chi connectivity index (χ1v) is 5.93. The lowest BCUT2D eigenvalue weighted by atomic mass is 9.94. The summed E-state index contributed by atoms with van der Waals surface area (Å²) in [5.41, 5.74) is -0.681. The lowest BCUT2D eigenvalue weighted by molar-refractivity contribution is -0.137. The third-order valence-corrected chi connectivity index (χ3v) is 3.23. The molecule has 1 N–H and O–H groups in total. The molecule has 1 atom stereocenters. The first-order valence-electron chi connectivity index (χ1n) is 5.93. The maximum atomic E-state index is 12.4. The zero-order valence-electron chi connectivity index (χ0n) is 10.2. The zero-order valence-corrected chi connectivity index (χ0v) is 10.2. The van der Waals surface area contributed by atoms with Gasteiger partial charge in [-0.1, -0.05) is 0 Å². The Bertz CT molecular complexity index is 411. The number of benzene rings is 1. The maximum absolute atomic E-state index is 12.4. The Morgan fingerprint density at radius 3 is 2.33 bits per heavy atom. The van der Waals surface area contributed by atoms with Gasteiger partial charge in [-0.15, -0.1) is 0 Å². The Kier molecular flexibility index (Phi) is 3.27. The number of nitrogens with zero attached hydrogens (tertiary/aromatic N) is 1. The van der Waals surface area contributed by atoms with Crippen LogP contribution in [0.3, 0.4) is 0 Å². The molecule has 1 aliphatic heterocycles. The summed E-state index contributed by atoms with van der Waals surface area (Å²) in [7, 11) is 0. The second kappa shape index (κ2) is 4.46. The van der Waals surface area contributed by atoms with Gasteiger partial charge in [0.2, 0.25) is 0 Å². The van der Waals surface area contributed by atoms with E-state index in [4.69, 9.17) is 0 Å². The van der Waals surface area contributed by atoms with Crippen LogP contribution in [0, 0.1) is 0 Å². The average Bonchev–Trinajstić information content (AvgIpc) is 2.27. The normalized spacial score (nSPS) is 25.3. The minimum Gasteiger partial charge on any atom is -0.388 e. The Labute approximate surface area is 104 Å². The van der Waals surface area contributed by atoms with Crippen LogP contribution in [0.15, 0.2) is 24.3 Å². The number of hydrogen-bond acceptors (Lipinski definition) is 2. The molecule has 0 bridgehead atoms. The Morgan fingerprint density at radius 1 is 1.22 bits per heavy atom. The van der Waals surface area contributed by atoms with E-state index in [9.17, 15) is 18.3 Å². The van der Waals surface area contributed by atoms with Crippen molar-refractivity contribution in [2.24, 2.45) is 0 Å². The van der Waals surface area contributed by atoms with Gasteiger partial charge in [0.1, 0.15) is 0 Å². The van der Waals surface area contributed by atoms with E-state index in [1.54, 1.807) is 6.92 Å². The topological polar surface area (TPSA) is 23.5 Å². The fourth-order valence-corrected chi connectivity index (χ4v) is 2.30. The van der Waals surface area contributed by atoms with Crippen molar-refractivity contribution in [2.45, 2.75) is 31.5 Å². The standard InChI is InChI=1S/C13H16F3NO/c1-12(18)7-2-8-17(9-12)11-5-3-10(4-6-11)13(14,15)16/h3-6,18H,2,7-9H2,1H3. The number of halogens is 3. The van der Waals surface area contributed by atoms with Crippen LogP contribution in [0.25, 0.3) is 0 Å². The lowest BCUT2D eigenvalue weighted by Crippen LogP contribution is -2.46. The maximum Gasteiger partial charge on any atom is 0.416 e. The number of β-amino-alcohol motifs (C(OH)–C–C–N with tert-alkyl or cyclic N) is 1. The number of piperidine rings is 1. The number of rotatable bonds is 1. The zero-order chi connectivity index (χ0) is 13.4. The van der Waals surface area contributed by atoms with Gasteiger partial charge >= 0.3 is 6.18 Å². The fraction of sp³-hybridized carbons (Fsp3) is 0.538. The van der Waals surface area contributed by atoms with Crippen molar-refractivity contribution >= 4 is 5.69 Å². The van der Waals surface area contributed by atoms with Gasteiger partial charge in [0.05, 0.1) is 11.2 Å². The van der Waals surface area contributed by atoms with Gasteiger partial charge in [-0.25, -0.2) is 0 Å². The fourth-order valence-electron chi connectivity index (χ4n) is 2.30. The molecule has 1 aliphatic rings. The summed E-state index contributed by atoms with van der Waals surface area (Å²) >= 11 is 0. The molecule has 1 aromatic carbocycles. The quantitative estimate of drug-likeness (QED) is 0.838. The van der Waals surface area contributed by atoms with Crippen LogP contribution in [0.1, 0.15) is 25.3 Å². The molecule has 1 aromatic rings. The van der Waals surface area contributed by atoms with Crippen LogP contribution in [0.2, 0.25) is 0 Å². The smallest absolute Gasteiger partial charge is 0.388 e. The van der Waals surface area contributed by atoms with Gasteiger partial charge in [0.25, 0.3) is 0 Å². The summed E-state index contributed by atoms with van der Waals surface area (Å²) in [5, 5.41) is 9.97. The van der Waals surface area contributed by atoms with E-state index in [0.29, 0.717) is 6.54 Å². The van der Waals surface area contributed by atoms with Crippen LogP contribution >= 0.6 is 0 Å². The Morgan fingerprint density at radius 2 is 1.83 bits per heavy atom. The summed E-state index contributed by atoms with van der Waals surface area (Å²) in [6.07, 6.45) is -2.73. The van der Waals surface area contributed by atoms with Gasteiger partial charge in [-0.2, -0.15) is 13.2 Å². The van der Waals surface area contributed by atoms with Crippen LogP contribution in [0.5, 0.6) is 0 Å². The highest BCUT2D eigenvalue weighted by Crippen LogP contribution is 2.31. The number of alkyl halides is 3. The van der Waals surface area contributed by atoms with Crippen molar-refractivity contribution in [2.75, 3.05) is 18.0 Å². The molecule has 2 nitrogen and oxygen atoms in total. The largest absolute Gasteiger partial charge is 0.416 e. The van der Waals surface area contributed by atoms with E-state index < -0.39 is 17.3 Å². The van der Waals surface area contributed by atoms with Crippen molar-refractivity contribution < 1.29 is 18.3 Å². The molecule has 1 heterocycles. The third-order valence-electron chi connectivity index (χ3n) is 3.23. The first-order chi connectivity index (χ1) is 8.28. The van der Waals surface area contributed by atoms with Crippen molar-refractivity contribution in [1.29, 1.82) is 0 Å². The van der Waals surface area contributed by atoms with Crippen LogP contribution in [-0.2, 0) is 6.18 Å². The van der Waals surface area contributed by atoms with Gasteiger partial charge in [0, 0.05) is 18.8 Å². The van der Waals surface area contributed by atoms with E-state index in [-0.39, 0.29) is 0 Å². The molecular formula is C13H16F3NO. The lowest BCUT2D eigenvalue weighted by Gasteiger charge is -2.38. The molecule has 0 amide bonds.